The summed E-state index contributed by atoms with van der Waals surface area (Å²) in [4.78, 5) is 2.47. The lowest BCUT2D eigenvalue weighted by molar-refractivity contribution is 0.0968. The minimum absolute atomic E-state index is 0.509. The lowest BCUT2D eigenvalue weighted by atomic mass is 9.73. The summed E-state index contributed by atoms with van der Waals surface area (Å²) in [7, 11) is 2.24. The van der Waals surface area contributed by atoms with Crippen LogP contribution in [0, 0.1) is 11.8 Å². The minimum Gasteiger partial charge on any atom is -0.328 e. The van der Waals surface area contributed by atoms with Crippen molar-refractivity contribution < 1.29 is 0 Å². The van der Waals surface area contributed by atoms with E-state index in [1.807, 2.05) is 0 Å². The molecule has 2 heteroatoms. The molecule has 12 heavy (non-hydrogen) atoms. The zero-order chi connectivity index (χ0) is 8.55. The van der Waals surface area contributed by atoms with Gasteiger partial charge in [0.25, 0.3) is 0 Å². The molecule has 2 fully saturated rings. The molecule has 70 valence electrons. The molecule has 1 aliphatic carbocycles. The fourth-order valence-corrected chi connectivity index (χ4v) is 2.83. The van der Waals surface area contributed by atoms with Crippen molar-refractivity contribution >= 4 is 0 Å². The average Bonchev–Trinajstić information content (AvgIpc) is 2.05. The van der Waals surface area contributed by atoms with Crippen LogP contribution >= 0.6 is 0 Å². The van der Waals surface area contributed by atoms with Gasteiger partial charge >= 0.3 is 0 Å². The van der Waals surface area contributed by atoms with Crippen molar-refractivity contribution in [3.63, 3.8) is 0 Å². The van der Waals surface area contributed by atoms with E-state index in [1.165, 1.54) is 38.8 Å². The largest absolute Gasteiger partial charge is 0.328 e. The van der Waals surface area contributed by atoms with E-state index in [4.69, 9.17) is 5.73 Å². The summed E-state index contributed by atoms with van der Waals surface area (Å²) in [6.45, 7) is 2.60. The SMILES string of the molecule is CN1CC[C@@H]2C[C@H](N)CC[C@@H]2C1. The standard InChI is InChI=1S/C10H20N2/c1-12-5-4-8-6-10(11)3-2-9(8)7-12/h8-10H,2-7,11H2,1H3/t8-,9-,10-/m1/s1. The first-order chi connectivity index (χ1) is 5.75. The quantitative estimate of drug-likeness (QED) is 0.586. The summed E-state index contributed by atoms with van der Waals surface area (Å²) < 4.78 is 0. The Balaban J connectivity index is 1.94. The highest BCUT2D eigenvalue weighted by molar-refractivity contribution is 4.86. The first kappa shape index (κ1) is 8.52. The van der Waals surface area contributed by atoms with Gasteiger partial charge in [-0.3, -0.25) is 0 Å². The van der Waals surface area contributed by atoms with Crippen LogP contribution < -0.4 is 5.73 Å². The van der Waals surface area contributed by atoms with Crippen LogP contribution in [-0.2, 0) is 0 Å². The second kappa shape index (κ2) is 3.35. The van der Waals surface area contributed by atoms with Crippen molar-refractivity contribution in [2.24, 2.45) is 17.6 Å². The van der Waals surface area contributed by atoms with Crippen molar-refractivity contribution in [1.29, 1.82) is 0 Å². The molecular weight excluding hydrogens is 148 g/mol. The Morgan fingerprint density at radius 2 is 2.00 bits per heavy atom. The molecule has 1 heterocycles. The fraction of sp³-hybridized carbons (Fsp3) is 1.00. The first-order valence-corrected chi connectivity index (χ1v) is 5.20. The average molecular weight is 168 g/mol. The Hall–Kier alpha value is -0.0800. The summed E-state index contributed by atoms with van der Waals surface area (Å²) >= 11 is 0. The summed E-state index contributed by atoms with van der Waals surface area (Å²) in [5.41, 5.74) is 5.96. The molecule has 0 aromatic rings. The van der Waals surface area contributed by atoms with Gasteiger partial charge in [-0.2, -0.15) is 0 Å². The van der Waals surface area contributed by atoms with E-state index >= 15 is 0 Å². The Morgan fingerprint density at radius 1 is 1.17 bits per heavy atom. The summed E-state index contributed by atoms with van der Waals surface area (Å²) in [5.74, 6) is 1.91. The van der Waals surface area contributed by atoms with Gasteiger partial charge in [-0.15, -0.1) is 0 Å². The van der Waals surface area contributed by atoms with Gasteiger partial charge in [-0.1, -0.05) is 0 Å². The van der Waals surface area contributed by atoms with Gasteiger partial charge in [0.1, 0.15) is 0 Å². The normalized spacial score (nSPS) is 44.0. The molecule has 2 rings (SSSR count). The van der Waals surface area contributed by atoms with Gasteiger partial charge in [-0.25, -0.2) is 0 Å². The second-order valence-corrected chi connectivity index (χ2v) is 4.64. The molecule has 2 nitrogen and oxygen atoms in total. The zero-order valence-corrected chi connectivity index (χ0v) is 8.00. The van der Waals surface area contributed by atoms with E-state index in [0.29, 0.717) is 6.04 Å². The minimum atomic E-state index is 0.509. The van der Waals surface area contributed by atoms with Gasteiger partial charge in [0, 0.05) is 12.6 Å². The van der Waals surface area contributed by atoms with E-state index in [1.54, 1.807) is 0 Å². The summed E-state index contributed by atoms with van der Waals surface area (Å²) in [5, 5.41) is 0. The van der Waals surface area contributed by atoms with Crippen LogP contribution in [0.2, 0.25) is 0 Å². The summed E-state index contributed by atoms with van der Waals surface area (Å²) in [6, 6.07) is 0.509. The second-order valence-electron chi connectivity index (χ2n) is 4.64. The van der Waals surface area contributed by atoms with Crippen LogP contribution in [0.1, 0.15) is 25.7 Å². The fourth-order valence-electron chi connectivity index (χ4n) is 2.83. The van der Waals surface area contributed by atoms with E-state index < -0.39 is 0 Å². The predicted molar refractivity (Wildman–Crippen MR) is 50.9 cm³/mol. The maximum Gasteiger partial charge on any atom is 0.00416 e. The Labute approximate surface area is 75.1 Å². The highest BCUT2D eigenvalue weighted by Gasteiger charge is 2.32. The molecule has 0 unspecified atom stereocenters. The number of hydrogen-bond donors (Lipinski definition) is 1. The maximum absolute atomic E-state index is 5.96. The van der Waals surface area contributed by atoms with Crippen molar-refractivity contribution in [2.75, 3.05) is 20.1 Å². The number of nitrogens with two attached hydrogens (primary N) is 1. The number of likely N-dealkylation sites (tertiary alicyclic amines) is 1. The molecule has 0 amide bonds. The van der Waals surface area contributed by atoms with E-state index in [0.717, 1.165) is 11.8 Å². The van der Waals surface area contributed by atoms with Gasteiger partial charge in [-0.05, 0) is 51.1 Å². The topological polar surface area (TPSA) is 29.3 Å². The highest BCUT2D eigenvalue weighted by Crippen LogP contribution is 2.34. The molecule has 0 bridgehead atoms. The number of fused-ring (bicyclic) bond motifs is 1. The monoisotopic (exact) mass is 168 g/mol. The van der Waals surface area contributed by atoms with E-state index in [-0.39, 0.29) is 0 Å². The molecule has 1 saturated heterocycles. The molecule has 3 atom stereocenters. The van der Waals surface area contributed by atoms with Gasteiger partial charge in [0.05, 0.1) is 0 Å². The van der Waals surface area contributed by atoms with Crippen LogP contribution in [0.3, 0.4) is 0 Å². The third-order valence-electron chi connectivity index (χ3n) is 3.61. The van der Waals surface area contributed by atoms with Crippen LogP contribution in [0.25, 0.3) is 0 Å². The van der Waals surface area contributed by atoms with Crippen molar-refractivity contribution in [3.8, 4) is 0 Å². The number of nitrogens with zero attached hydrogens (tertiary/aromatic N) is 1. The van der Waals surface area contributed by atoms with Crippen molar-refractivity contribution in [2.45, 2.75) is 31.7 Å². The molecule has 2 N–H and O–H groups in total. The van der Waals surface area contributed by atoms with Gasteiger partial charge in [0.2, 0.25) is 0 Å². The Morgan fingerprint density at radius 3 is 2.83 bits per heavy atom. The van der Waals surface area contributed by atoms with Crippen LogP contribution in [0.4, 0.5) is 0 Å². The Bertz CT molecular complexity index is 140. The van der Waals surface area contributed by atoms with Crippen LogP contribution in [0.5, 0.6) is 0 Å². The van der Waals surface area contributed by atoms with E-state index in [2.05, 4.69) is 11.9 Å². The number of hydrogen-bond acceptors (Lipinski definition) is 2. The van der Waals surface area contributed by atoms with E-state index in [9.17, 15) is 0 Å². The molecule has 0 aromatic carbocycles. The van der Waals surface area contributed by atoms with Crippen LogP contribution in [-0.4, -0.2) is 31.1 Å². The Kier molecular flexibility index (Phi) is 2.37. The maximum atomic E-state index is 5.96. The van der Waals surface area contributed by atoms with Gasteiger partial charge < -0.3 is 10.6 Å². The highest BCUT2D eigenvalue weighted by atomic mass is 15.1. The lowest BCUT2D eigenvalue weighted by Crippen LogP contribution is -2.43. The molecule has 2 aliphatic rings. The third-order valence-corrected chi connectivity index (χ3v) is 3.61. The molecule has 0 aromatic heterocycles. The van der Waals surface area contributed by atoms with Gasteiger partial charge in [0.15, 0.2) is 0 Å². The van der Waals surface area contributed by atoms with Crippen LogP contribution in [0.15, 0.2) is 0 Å². The predicted octanol–water partition coefficient (Wildman–Crippen LogP) is 1.07. The first-order valence-electron chi connectivity index (χ1n) is 5.20. The van der Waals surface area contributed by atoms with Crippen molar-refractivity contribution in [3.05, 3.63) is 0 Å². The molecule has 1 saturated carbocycles. The molecule has 0 spiro atoms. The molecule has 1 aliphatic heterocycles. The third kappa shape index (κ3) is 1.64. The lowest BCUT2D eigenvalue weighted by Gasteiger charge is -2.41. The number of piperidine rings is 1. The van der Waals surface area contributed by atoms with Crippen molar-refractivity contribution in [1.82, 2.24) is 4.90 Å². The summed E-state index contributed by atoms with van der Waals surface area (Å²) in [6.07, 6.45) is 5.30. The molecular formula is C10H20N2. The number of rotatable bonds is 0. The molecule has 0 radical (unpaired) electrons. The zero-order valence-electron chi connectivity index (χ0n) is 8.00. The smallest absolute Gasteiger partial charge is 0.00416 e.